The maximum absolute atomic E-state index is 12.8. The zero-order valence-electron chi connectivity index (χ0n) is 18.9. The van der Waals surface area contributed by atoms with Crippen molar-refractivity contribution in [3.63, 3.8) is 0 Å². The fourth-order valence-corrected chi connectivity index (χ4v) is 5.41. The van der Waals surface area contributed by atoms with E-state index in [-0.39, 0.29) is 26.3 Å². The lowest BCUT2D eigenvalue weighted by Gasteiger charge is -2.20. The Hall–Kier alpha value is -3.58. The number of anilines is 1. The molecule has 0 aliphatic rings. The van der Waals surface area contributed by atoms with E-state index < -0.39 is 15.6 Å². The average molecular weight is 503 g/mol. The van der Waals surface area contributed by atoms with Gasteiger partial charge in [0.05, 0.1) is 5.56 Å². The number of hydrogen-bond donors (Lipinski definition) is 0. The Morgan fingerprint density at radius 1 is 1.21 bits per heavy atom. The summed E-state index contributed by atoms with van der Waals surface area (Å²) in [4.78, 5) is 32.7. The second-order valence-corrected chi connectivity index (χ2v) is 10.3. The van der Waals surface area contributed by atoms with E-state index in [4.69, 9.17) is 4.42 Å². The number of imidazole rings is 1. The maximum atomic E-state index is 12.8. The first-order valence-electron chi connectivity index (χ1n) is 10.3. The molecule has 0 bridgehead atoms. The van der Waals surface area contributed by atoms with E-state index in [0.29, 0.717) is 17.3 Å². The smallest absolute Gasteiger partial charge is 0.345 e. The van der Waals surface area contributed by atoms with Gasteiger partial charge in [0.15, 0.2) is 6.29 Å². The summed E-state index contributed by atoms with van der Waals surface area (Å²) in [6.45, 7) is 5.70. The third-order valence-corrected chi connectivity index (χ3v) is 7.55. The number of rotatable bonds is 8. The predicted molar refractivity (Wildman–Crippen MR) is 131 cm³/mol. The van der Waals surface area contributed by atoms with Gasteiger partial charge in [-0.3, -0.25) is 4.79 Å². The quantitative estimate of drug-likeness (QED) is 0.154. The highest BCUT2D eigenvalue weighted by Crippen LogP contribution is 2.29. The molecule has 0 unspecified atom stereocenters. The van der Waals surface area contributed by atoms with Gasteiger partial charge < -0.3 is 14.2 Å². The first-order chi connectivity index (χ1) is 16.2. The molecule has 0 N–H and O–H groups in total. The van der Waals surface area contributed by atoms with Crippen LogP contribution in [0.4, 0.5) is 5.69 Å². The molecule has 0 spiro atoms. The molecule has 0 atom stereocenters. The number of sulfonamides is 1. The first kappa shape index (κ1) is 23.6. The van der Waals surface area contributed by atoms with E-state index in [0.717, 1.165) is 41.0 Å². The van der Waals surface area contributed by atoms with Crippen LogP contribution >= 0.6 is 11.3 Å². The summed E-state index contributed by atoms with van der Waals surface area (Å²) in [6.07, 6.45) is 1.61. The lowest BCUT2D eigenvalue weighted by molar-refractivity contribution is 0.111. The van der Waals surface area contributed by atoms with Gasteiger partial charge in [0.1, 0.15) is 23.3 Å². The van der Waals surface area contributed by atoms with E-state index >= 15 is 0 Å². The number of nitrogens with zero attached hydrogens (tertiary/aromatic N) is 6. The molecule has 0 saturated heterocycles. The second kappa shape index (κ2) is 8.99. The third kappa shape index (κ3) is 4.19. The van der Waals surface area contributed by atoms with Crippen LogP contribution in [0.25, 0.3) is 27.2 Å². The van der Waals surface area contributed by atoms with Gasteiger partial charge in [0.2, 0.25) is 4.96 Å². The topological polar surface area (TPSA) is 130 Å². The van der Waals surface area contributed by atoms with E-state index in [2.05, 4.69) is 19.4 Å². The molecule has 3 heterocycles. The number of carbonyl (C=O) groups excluding carboxylic acids is 1. The monoisotopic (exact) mass is 502 g/mol. The van der Waals surface area contributed by atoms with Crippen molar-refractivity contribution in [3.05, 3.63) is 40.4 Å². The van der Waals surface area contributed by atoms with Gasteiger partial charge in [0, 0.05) is 44.3 Å². The van der Waals surface area contributed by atoms with Gasteiger partial charge in [-0.25, -0.2) is 9.78 Å². The van der Waals surface area contributed by atoms with E-state index in [1.54, 1.807) is 26.2 Å². The summed E-state index contributed by atoms with van der Waals surface area (Å²) < 4.78 is 34.7. The number of aromatic nitrogens is 3. The van der Waals surface area contributed by atoms with Gasteiger partial charge in [-0.15, -0.1) is 9.50 Å². The Morgan fingerprint density at radius 2 is 1.94 bits per heavy atom. The third-order valence-electron chi connectivity index (χ3n) is 5.07. The molecule has 0 amide bonds. The summed E-state index contributed by atoms with van der Waals surface area (Å²) in [6, 6.07) is 7.16. The average Bonchev–Trinajstić information content (AvgIpc) is 3.36. The number of benzene rings is 1. The summed E-state index contributed by atoms with van der Waals surface area (Å²) in [5.41, 5.74) is 0.768. The first-order valence-corrected chi connectivity index (χ1v) is 12.6. The van der Waals surface area contributed by atoms with Crippen molar-refractivity contribution in [1.29, 1.82) is 0 Å². The second-order valence-electron chi connectivity index (χ2n) is 7.53. The van der Waals surface area contributed by atoms with Crippen molar-refractivity contribution in [2.75, 3.05) is 32.1 Å². The molecule has 3 aromatic heterocycles. The van der Waals surface area contributed by atoms with Crippen LogP contribution in [0.1, 0.15) is 24.3 Å². The van der Waals surface area contributed by atoms with Crippen LogP contribution in [0.3, 0.4) is 0 Å². The fourth-order valence-electron chi connectivity index (χ4n) is 3.41. The van der Waals surface area contributed by atoms with Gasteiger partial charge in [-0.05, 0) is 32.0 Å². The van der Waals surface area contributed by atoms with Crippen LogP contribution in [0, 0.1) is 0 Å². The van der Waals surface area contributed by atoms with Gasteiger partial charge in [-0.2, -0.15) is 12.9 Å². The van der Waals surface area contributed by atoms with Crippen molar-refractivity contribution in [2.45, 2.75) is 18.2 Å². The molecule has 178 valence electrons. The lowest BCUT2D eigenvalue weighted by Crippen LogP contribution is -2.21. The summed E-state index contributed by atoms with van der Waals surface area (Å²) in [7, 11) is -0.810. The molecule has 0 aliphatic carbocycles. The zero-order chi connectivity index (χ0) is 24.6. The number of carbonyl (C=O) groups is 1. The highest BCUT2D eigenvalue weighted by atomic mass is 32.2. The largest absolute Gasteiger partial charge is 0.422 e. The molecule has 0 saturated carbocycles. The zero-order valence-corrected chi connectivity index (χ0v) is 20.6. The van der Waals surface area contributed by atoms with Gasteiger partial charge in [-0.1, -0.05) is 11.3 Å². The van der Waals surface area contributed by atoms with Crippen molar-refractivity contribution in [3.8, 4) is 11.3 Å². The molecule has 1 aromatic carbocycles. The highest BCUT2D eigenvalue weighted by molar-refractivity contribution is 7.92. The van der Waals surface area contributed by atoms with Crippen molar-refractivity contribution < 1.29 is 17.6 Å². The van der Waals surface area contributed by atoms with Gasteiger partial charge >= 0.3 is 15.6 Å². The highest BCUT2D eigenvalue weighted by Gasteiger charge is 2.25. The fraction of sp³-hybridized carbons (Fsp3) is 0.286. The minimum Gasteiger partial charge on any atom is -0.422 e. The molecular weight excluding hydrogens is 480 g/mol. The molecule has 13 heteroatoms. The Labute approximate surface area is 199 Å². The Bertz CT molecular complexity index is 1580. The van der Waals surface area contributed by atoms with Crippen molar-refractivity contribution in [1.82, 2.24) is 19.5 Å². The van der Waals surface area contributed by atoms with Crippen molar-refractivity contribution in [2.24, 2.45) is 4.40 Å². The minimum absolute atomic E-state index is 0.0595. The SMILES string of the molecule is CCN(CC)c1ccc2cc(-c3nc4sc(S(=O)(=O)N=CN(C)C)nn4c3C=O)c(=O)oc2c1. The molecular formula is C21H22N6O5S2. The normalized spacial score (nSPS) is 12.1. The predicted octanol–water partition coefficient (Wildman–Crippen LogP) is 2.50. The van der Waals surface area contributed by atoms with Crippen LogP contribution in [0.5, 0.6) is 0 Å². The van der Waals surface area contributed by atoms with Crippen molar-refractivity contribution >= 4 is 55.6 Å². The van der Waals surface area contributed by atoms with Crippen LogP contribution in [-0.2, 0) is 10.0 Å². The molecule has 0 radical (unpaired) electrons. The molecule has 0 aliphatic heterocycles. The summed E-state index contributed by atoms with van der Waals surface area (Å²) in [5.74, 6) is 0. The molecule has 0 fully saturated rings. The minimum atomic E-state index is -4.07. The standard InChI is InChI=1S/C21H22N6O5S2/c1-5-26(6-2)14-8-7-13-9-15(19(29)32-17(13)10-14)18-16(11-28)27-20(23-18)33-21(24-27)34(30,31)22-12-25(3)4/h7-12H,5-6H2,1-4H3. The molecule has 4 rings (SSSR count). The van der Waals surface area contributed by atoms with Gasteiger partial charge in [0.25, 0.3) is 4.34 Å². The number of aldehydes is 1. The Balaban J connectivity index is 1.81. The van der Waals surface area contributed by atoms with Crippen LogP contribution in [0.2, 0.25) is 0 Å². The maximum Gasteiger partial charge on any atom is 0.345 e. The van der Waals surface area contributed by atoms with E-state index in [9.17, 15) is 18.0 Å². The molecule has 4 aromatic rings. The summed E-state index contributed by atoms with van der Waals surface area (Å²) >= 11 is 0.744. The summed E-state index contributed by atoms with van der Waals surface area (Å²) in [5, 5.41) is 4.66. The van der Waals surface area contributed by atoms with Crippen LogP contribution in [0.15, 0.2) is 42.2 Å². The number of fused-ring (bicyclic) bond motifs is 2. The van der Waals surface area contributed by atoms with Crippen LogP contribution in [-0.4, -0.2) is 67.7 Å². The molecule has 34 heavy (non-hydrogen) atoms. The Morgan fingerprint density at radius 3 is 2.59 bits per heavy atom. The van der Waals surface area contributed by atoms with E-state index in [1.165, 1.54) is 4.90 Å². The van der Waals surface area contributed by atoms with Crippen LogP contribution < -0.4 is 10.5 Å². The number of hydrogen-bond acceptors (Lipinski definition) is 9. The lowest BCUT2D eigenvalue weighted by atomic mass is 10.1. The van der Waals surface area contributed by atoms with E-state index in [1.807, 2.05) is 26.0 Å². The molecule has 11 nitrogen and oxygen atoms in total. The Kier molecular flexibility index (Phi) is 6.23.